The molecule has 94 valence electrons. The Bertz CT molecular complexity index is 573. The average molecular weight is 250 g/mol. The van der Waals surface area contributed by atoms with Gasteiger partial charge in [-0.25, -0.2) is 13.8 Å². The van der Waals surface area contributed by atoms with Gasteiger partial charge in [-0.3, -0.25) is 0 Å². The highest BCUT2D eigenvalue weighted by Crippen LogP contribution is 2.27. The van der Waals surface area contributed by atoms with Crippen LogP contribution in [0.3, 0.4) is 0 Å². The zero-order chi connectivity index (χ0) is 13.1. The lowest BCUT2D eigenvalue weighted by Crippen LogP contribution is -2.03. The Balaban J connectivity index is 2.34. The van der Waals surface area contributed by atoms with Crippen molar-refractivity contribution < 1.29 is 13.5 Å². The van der Waals surface area contributed by atoms with Crippen LogP contribution in [0.1, 0.15) is 11.1 Å². The molecule has 0 saturated heterocycles. The summed E-state index contributed by atoms with van der Waals surface area (Å²) >= 11 is 0. The van der Waals surface area contributed by atoms with Crippen LogP contribution in [-0.2, 0) is 6.54 Å². The molecule has 18 heavy (non-hydrogen) atoms. The van der Waals surface area contributed by atoms with Crippen molar-refractivity contribution in [1.29, 1.82) is 0 Å². The van der Waals surface area contributed by atoms with Crippen molar-refractivity contribution in [3.8, 4) is 11.6 Å². The number of hydrogen-bond acceptors (Lipinski definition) is 3. The molecule has 5 heteroatoms. The van der Waals surface area contributed by atoms with Crippen LogP contribution in [0.5, 0.6) is 11.6 Å². The predicted octanol–water partition coefficient (Wildman–Crippen LogP) is 2.92. The standard InChI is InChI=1S/C13H12F2N2O/c1-8-6-10(14)2-3-11(8)18-13-12(15)9(7-16)4-5-17-13/h2-6H,7,16H2,1H3. The van der Waals surface area contributed by atoms with Crippen LogP contribution in [0.25, 0.3) is 0 Å². The summed E-state index contributed by atoms with van der Waals surface area (Å²) in [5, 5.41) is 0. The smallest absolute Gasteiger partial charge is 0.256 e. The number of aromatic nitrogens is 1. The van der Waals surface area contributed by atoms with Crippen molar-refractivity contribution >= 4 is 0 Å². The lowest BCUT2D eigenvalue weighted by Gasteiger charge is -2.09. The average Bonchev–Trinajstić information content (AvgIpc) is 2.35. The minimum Gasteiger partial charge on any atom is -0.436 e. The molecule has 2 aromatic rings. The third-order valence-corrected chi connectivity index (χ3v) is 2.50. The van der Waals surface area contributed by atoms with Crippen LogP contribution in [0, 0.1) is 18.6 Å². The van der Waals surface area contributed by atoms with Crippen molar-refractivity contribution in [1.82, 2.24) is 4.98 Å². The van der Waals surface area contributed by atoms with Gasteiger partial charge in [0.15, 0.2) is 5.82 Å². The third-order valence-electron chi connectivity index (χ3n) is 2.50. The molecular formula is C13H12F2N2O. The van der Waals surface area contributed by atoms with E-state index >= 15 is 0 Å². The van der Waals surface area contributed by atoms with Gasteiger partial charge in [-0.15, -0.1) is 0 Å². The molecule has 2 rings (SSSR count). The van der Waals surface area contributed by atoms with E-state index in [0.29, 0.717) is 16.9 Å². The number of aryl methyl sites for hydroxylation is 1. The minimum atomic E-state index is -0.594. The number of ether oxygens (including phenoxy) is 1. The maximum Gasteiger partial charge on any atom is 0.256 e. The summed E-state index contributed by atoms with van der Waals surface area (Å²) in [6.07, 6.45) is 1.42. The molecular weight excluding hydrogens is 238 g/mol. The molecule has 3 nitrogen and oxygen atoms in total. The van der Waals surface area contributed by atoms with E-state index in [1.54, 1.807) is 6.92 Å². The van der Waals surface area contributed by atoms with Gasteiger partial charge in [0.2, 0.25) is 0 Å². The van der Waals surface area contributed by atoms with Crippen LogP contribution in [0.15, 0.2) is 30.5 Å². The Morgan fingerprint density at radius 3 is 2.72 bits per heavy atom. The molecule has 2 N–H and O–H groups in total. The van der Waals surface area contributed by atoms with Gasteiger partial charge in [-0.05, 0) is 36.8 Å². The predicted molar refractivity (Wildman–Crippen MR) is 63.3 cm³/mol. The van der Waals surface area contributed by atoms with Crippen LogP contribution in [0.4, 0.5) is 8.78 Å². The van der Waals surface area contributed by atoms with Crippen LogP contribution < -0.4 is 10.5 Å². The molecule has 0 unspecified atom stereocenters. The van der Waals surface area contributed by atoms with Crippen molar-refractivity contribution in [3.63, 3.8) is 0 Å². The molecule has 0 aliphatic carbocycles. The normalized spacial score (nSPS) is 10.4. The Hall–Kier alpha value is -2.01. The summed E-state index contributed by atoms with van der Waals surface area (Å²) < 4.78 is 32.1. The van der Waals surface area contributed by atoms with Gasteiger partial charge in [-0.1, -0.05) is 0 Å². The van der Waals surface area contributed by atoms with E-state index in [9.17, 15) is 8.78 Å². The van der Waals surface area contributed by atoms with E-state index in [1.165, 1.54) is 30.5 Å². The summed E-state index contributed by atoms with van der Waals surface area (Å²) in [7, 11) is 0. The van der Waals surface area contributed by atoms with Crippen molar-refractivity contribution in [3.05, 3.63) is 53.2 Å². The third kappa shape index (κ3) is 2.46. The van der Waals surface area contributed by atoms with Gasteiger partial charge in [0.25, 0.3) is 5.88 Å². The number of rotatable bonds is 3. The minimum absolute atomic E-state index is 0.0626. The highest BCUT2D eigenvalue weighted by molar-refractivity contribution is 5.36. The molecule has 0 aliphatic rings. The number of nitrogens with zero attached hydrogens (tertiary/aromatic N) is 1. The lowest BCUT2D eigenvalue weighted by molar-refractivity contribution is 0.415. The fourth-order valence-electron chi connectivity index (χ4n) is 1.52. The van der Waals surface area contributed by atoms with Gasteiger partial charge in [-0.2, -0.15) is 0 Å². The Kier molecular flexibility index (Phi) is 3.53. The first-order valence-corrected chi connectivity index (χ1v) is 5.39. The fraction of sp³-hybridized carbons (Fsp3) is 0.154. The number of pyridine rings is 1. The number of hydrogen-bond donors (Lipinski definition) is 1. The lowest BCUT2D eigenvalue weighted by atomic mass is 10.2. The molecule has 0 bridgehead atoms. The first-order valence-electron chi connectivity index (χ1n) is 5.39. The van der Waals surface area contributed by atoms with E-state index in [4.69, 9.17) is 10.5 Å². The van der Waals surface area contributed by atoms with Gasteiger partial charge in [0, 0.05) is 18.3 Å². The second kappa shape index (κ2) is 5.10. The molecule has 0 radical (unpaired) electrons. The van der Waals surface area contributed by atoms with Crippen LogP contribution >= 0.6 is 0 Å². The van der Waals surface area contributed by atoms with E-state index < -0.39 is 5.82 Å². The van der Waals surface area contributed by atoms with Crippen molar-refractivity contribution in [2.45, 2.75) is 13.5 Å². The molecule has 0 spiro atoms. The molecule has 0 aliphatic heterocycles. The second-order valence-corrected chi connectivity index (χ2v) is 3.81. The van der Waals surface area contributed by atoms with Crippen molar-refractivity contribution in [2.24, 2.45) is 5.73 Å². The van der Waals surface area contributed by atoms with Gasteiger partial charge < -0.3 is 10.5 Å². The molecule has 0 amide bonds. The molecule has 1 heterocycles. The Morgan fingerprint density at radius 2 is 2.06 bits per heavy atom. The topological polar surface area (TPSA) is 48.1 Å². The van der Waals surface area contributed by atoms with E-state index in [2.05, 4.69) is 4.98 Å². The summed E-state index contributed by atoms with van der Waals surface area (Å²) in [6, 6.07) is 5.47. The Morgan fingerprint density at radius 1 is 1.28 bits per heavy atom. The number of benzene rings is 1. The highest BCUT2D eigenvalue weighted by Gasteiger charge is 2.12. The number of halogens is 2. The van der Waals surface area contributed by atoms with Gasteiger partial charge in [0.1, 0.15) is 11.6 Å². The highest BCUT2D eigenvalue weighted by atomic mass is 19.1. The van der Waals surface area contributed by atoms with E-state index in [-0.39, 0.29) is 18.2 Å². The zero-order valence-corrected chi connectivity index (χ0v) is 9.78. The summed E-state index contributed by atoms with van der Waals surface area (Å²) in [4.78, 5) is 3.80. The van der Waals surface area contributed by atoms with E-state index in [0.717, 1.165) is 0 Å². The summed E-state index contributed by atoms with van der Waals surface area (Å²) in [5.41, 5.74) is 6.27. The molecule has 1 aromatic carbocycles. The van der Waals surface area contributed by atoms with E-state index in [1.807, 2.05) is 0 Å². The maximum absolute atomic E-state index is 13.8. The van der Waals surface area contributed by atoms with Crippen LogP contribution in [-0.4, -0.2) is 4.98 Å². The second-order valence-electron chi connectivity index (χ2n) is 3.81. The van der Waals surface area contributed by atoms with Crippen molar-refractivity contribution in [2.75, 3.05) is 0 Å². The molecule has 0 fully saturated rings. The molecule has 0 saturated carbocycles. The first kappa shape index (κ1) is 12.4. The molecule has 1 aromatic heterocycles. The SMILES string of the molecule is Cc1cc(F)ccc1Oc1nccc(CN)c1F. The van der Waals surface area contributed by atoms with Gasteiger partial charge in [0.05, 0.1) is 0 Å². The fourth-order valence-corrected chi connectivity index (χ4v) is 1.52. The molecule has 0 atom stereocenters. The summed E-state index contributed by atoms with van der Waals surface area (Å²) in [5.74, 6) is -0.766. The summed E-state index contributed by atoms with van der Waals surface area (Å²) in [6.45, 7) is 1.73. The first-order chi connectivity index (χ1) is 8.61. The number of nitrogens with two attached hydrogens (primary N) is 1. The zero-order valence-electron chi connectivity index (χ0n) is 9.78. The monoisotopic (exact) mass is 250 g/mol. The van der Waals surface area contributed by atoms with Crippen LogP contribution in [0.2, 0.25) is 0 Å². The maximum atomic E-state index is 13.8. The quantitative estimate of drug-likeness (QED) is 0.911. The van der Waals surface area contributed by atoms with Gasteiger partial charge >= 0.3 is 0 Å². The Labute approximate surface area is 103 Å². The largest absolute Gasteiger partial charge is 0.436 e.